The Labute approximate surface area is 120 Å². The maximum absolute atomic E-state index is 13.5. The minimum Gasteiger partial charge on any atom is -0.478 e. The largest absolute Gasteiger partial charge is 0.478 e. The number of halogens is 3. The van der Waals surface area contributed by atoms with Gasteiger partial charge < -0.3 is 10.0 Å². The van der Waals surface area contributed by atoms with Gasteiger partial charge in [0.1, 0.15) is 16.5 Å². The number of alkyl halides is 2. The summed E-state index contributed by atoms with van der Waals surface area (Å²) in [5.41, 5.74) is 0.490. The van der Waals surface area contributed by atoms with Crippen molar-refractivity contribution in [2.45, 2.75) is 26.2 Å². The van der Waals surface area contributed by atoms with Crippen LogP contribution in [0.5, 0.6) is 0 Å². The molecular weight excluding hydrogens is 290 g/mol. The van der Waals surface area contributed by atoms with E-state index in [1.54, 1.807) is 11.8 Å². The lowest BCUT2D eigenvalue weighted by molar-refractivity contribution is -0.0652. The van der Waals surface area contributed by atoms with Crippen LogP contribution in [-0.2, 0) is 0 Å². The fourth-order valence-electron chi connectivity index (χ4n) is 2.39. The van der Waals surface area contributed by atoms with Gasteiger partial charge in [0.25, 0.3) is 5.92 Å². The SMILES string of the molecule is Cc1cc(Cl)nc(N2CCC(F)(F)C(C)C2)c1C(=O)O. The number of carbonyl (C=O) groups is 1. The van der Waals surface area contributed by atoms with Crippen molar-refractivity contribution in [2.24, 2.45) is 5.92 Å². The average molecular weight is 305 g/mol. The van der Waals surface area contributed by atoms with Crippen molar-refractivity contribution < 1.29 is 18.7 Å². The lowest BCUT2D eigenvalue weighted by atomic mass is 9.95. The van der Waals surface area contributed by atoms with Crippen molar-refractivity contribution in [1.82, 2.24) is 4.98 Å². The second kappa shape index (κ2) is 5.16. The summed E-state index contributed by atoms with van der Waals surface area (Å²) in [5, 5.41) is 9.44. The minimum atomic E-state index is -2.73. The topological polar surface area (TPSA) is 53.4 Å². The molecule has 0 aliphatic carbocycles. The zero-order chi connectivity index (χ0) is 15.1. The number of hydrogen-bond acceptors (Lipinski definition) is 3. The van der Waals surface area contributed by atoms with E-state index in [2.05, 4.69) is 4.98 Å². The first kappa shape index (κ1) is 15.0. The van der Waals surface area contributed by atoms with Gasteiger partial charge in [-0.05, 0) is 18.6 Å². The lowest BCUT2D eigenvalue weighted by Gasteiger charge is -2.38. The molecule has 1 atom stereocenters. The van der Waals surface area contributed by atoms with Crippen LogP contribution in [0.3, 0.4) is 0 Å². The van der Waals surface area contributed by atoms with Crippen LogP contribution in [0.1, 0.15) is 29.3 Å². The molecule has 1 aromatic heterocycles. The predicted octanol–water partition coefficient (Wildman–Crippen LogP) is 3.22. The molecular formula is C13H15ClF2N2O2. The number of anilines is 1. The van der Waals surface area contributed by atoms with E-state index >= 15 is 0 Å². The first-order valence-electron chi connectivity index (χ1n) is 6.25. The van der Waals surface area contributed by atoms with E-state index in [0.717, 1.165) is 0 Å². The number of carboxylic acids is 1. The summed E-state index contributed by atoms with van der Waals surface area (Å²) >= 11 is 5.86. The van der Waals surface area contributed by atoms with E-state index < -0.39 is 17.8 Å². The van der Waals surface area contributed by atoms with E-state index in [0.29, 0.717) is 5.56 Å². The van der Waals surface area contributed by atoms with E-state index in [-0.39, 0.29) is 36.0 Å². The number of carboxylic acid groups (broad SMARTS) is 1. The molecule has 1 aliphatic rings. The van der Waals surface area contributed by atoms with Crippen molar-refractivity contribution >= 4 is 23.4 Å². The van der Waals surface area contributed by atoms with Gasteiger partial charge in [0.15, 0.2) is 0 Å². The number of aromatic nitrogens is 1. The molecule has 0 amide bonds. The Morgan fingerprint density at radius 3 is 2.80 bits per heavy atom. The second-order valence-corrected chi connectivity index (χ2v) is 5.51. The van der Waals surface area contributed by atoms with Gasteiger partial charge in [0, 0.05) is 25.4 Å². The fraction of sp³-hybridized carbons (Fsp3) is 0.538. The zero-order valence-electron chi connectivity index (χ0n) is 11.2. The van der Waals surface area contributed by atoms with Gasteiger partial charge in [0.2, 0.25) is 0 Å². The number of aromatic carboxylic acids is 1. The number of piperidine rings is 1. The first-order valence-corrected chi connectivity index (χ1v) is 6.63. The monoisotopic (exact) mass is 304 g/mol. The molecule has 4 nitrogen and oxygen atoms in total. The average Bonchev–Trinajstić information content (AvgIpc) is 2.31. The highest BCUT2D eigenvalue weighted by Gasteiger charge is 2.42. The summed E-state index contributed by atoms with van der Waals surface area (Å²) in [4.78, 5) is 16.9. The predicted molar refractivity (Wildman–Crippen MR) is 71.9 cm³/mol. The molecule has 2 rings (SSSR count). The highest BCUT2D eigenvalue weighted by Crippen LogP contribution is 2.36. The lowest BCUT2D eigenvalue weighted by Crippen LogP contribution is -2.46. The van der Waals surface area contributed by atoms with Gasteiger partial charge in [-0.25, -0.2) is 18.6 Å². The summed E-state index contributed by atoms with van der Waals surface area (Å²) in [5.74, 6) is -4.55. The third-order valence-electron chi connectivity index (χ3n) is 3.61. The second-order valence-electron chi connectivity index (χ2n) is 5.12. The van der Waals surface area contributed by atoms with Crippen LogP contribution in [0.2, 0.25) is 5.15 Å². The molecule has 1 aromatic rings. The molecule has 0 bridgehead atoms. The van der Waals surface area contributed by atoms with Crippen molar-refractivity contribution in [1.29, 1.82) is 0 Å². The Kier molecular flexibility index (Phi) is 3.86. The molecule has 0 saturated carbocycles. The maximum atomic E-state index is 13.5. The molecule has 110 valence electrons. The van der Waals surface area contributed by atoms with E-state index in [1.165, 1.54) is 13.0 Å². The summed E-state index contributed by atoms with van der Waals surface area (Å²) in [6, 6.07) is 1.45. The summed E-state index contributed by atoms with van der Waals surface area (Å²) in [7, 11) is 0. The van der Waals surface area contributed by atoms with Crippen molar-refractivity contribution in [3.05, 3.63) is 22.3 Å². The molecule has 2 heterocycles. The summed E-state index contributed by atoms with van der Waals surface area (Å²) < 4.78 is 27.0. The van der Waals surface area contributed by atoms with Crippen LogP contribution in [0.25, 0.3) is 0 Å². The van der Waals surface area contributed by atoms with E-state index in [1.807, 2.05) is 0 Å². The minimum absolute atomic E-state index is 0.0202. The highest BCUT2D eigenvalue weighted by atomic mass is 35.5. The van der Waals surface area contributed by atoms with Gasteiger partial charge in [0.05, 0.1) is 0 Å². The fourth-order valence-corrected chi connectivity index (χ4v) is 2.63. The van der Waals surface area contributed by atoms with Crippen LogP contribution >= 0.6 is 11.6 Å². The van der Waals surface area contributed by atoms with E-state index in [4.69, 9.17) is 11.6 Å². The van der Waals surface area contributed by atoms with Crippen LogP contribution in [0.15, 0.2) is 6.07 Å². The number of hydrogen-bond donors (Lipinski definition) is 1. The van der Waals surface area contributed by atoms with Crippen LogP contribution < -0.4 is 4.90 Å². The van der Waals surface area contributed by atoms with Gasteiger partial charge in [-0.15, -0.1) is 0 Å². The zero-order valence-corrected chi connectivity index (χ0v) is 11.9. The molecule has 1 aliphatic heterocycles. The quantitative estimate of drug-likeness (QED) is 0.852. The molecule has 1 saturated heterocycles. The third kappa shape index (κ3) is 2.70. The van der Waals surface area contributed by atoms with Crippen LogP contribution in [-0.4, -0.2) is 35.1 Å². The molecule has 0 spiro atoms. The van der Waals surface area contributed by atoms with Gasteiger partial charge in [-0.1, -0.05) is 18.5 Å². The van der Waals surface area contributed by atoms with Gasteiger partial charge in [-0.2, -0.15) is 0 Å². The molecule has 7 heteroatoms. The smallest absolute Gasteiger partial charge is 0.339 e. The van der Waals surface area contributed by atoms with Crippen molar-refractivity contribution in [2.75, 3.05) is 18.0 Å². The molecule has 1 unspecified atom stereocenters. The van der Waals surface area contributed by atoms with Crippen LogP contribution in [0.4, 0.5) is 14.6 Å². The van der Waals surface area contributed by atoms with E-state index in [9.17, 15) is 18.7 Å². The van der Waals surface area contributed by atoms with Gasteiger partial charge in [-0.3, -0.25) is 0 Å². The normalized spacial score (nSPS) is 21.9. The molecule has 1 N–H and O–H groups in total. The Morgan fingerprint density at radius 2 is 2.25 bits per heavy atom. The maximum Gasteiger partial charge on any atom is 0.339 e. The first-order chi connectivity index (χ1) is 9.22. The summed E-state index contributed by atoms with van der Waals surface area (Å²) in [6.45, 7) is 3.18. The third-order valence-corrected chi connectivity index (χ3v) is 3.80. The highest BCUT2D eigenvalue weighted by molar-refractivity contribution is 6.29. The Balaban J connectivity index is 2.41. The van der Waals surface area contributed by atoms with Crippen LogP contribution in [0, 0.1) is 12.8 Å². The number of rotatable bonds is 2. The summed E-state index contributed by atoms with van der Waals surface area (Å²) in [6.07, 6.45) is -0.319. The number of aryl methyl sites for hydroxylation is 1. The Hall–Kier alpha value is -1.43. The van der Waals surface area contributed by atoms with Crippen molar-refractivity contribution in [3.8, 4) is 0 Å². The Morgan fingerprint density at radius 1 is 1.60 bits per heavy atom. The Bertz CT molecular complexity index is 551. The number of nitrogens with zero attached hydrogens (tertiary/aromatic N) is 2. The van der Waals surface area contributed by atoms with Gasteiger partial charge >= 0.3 is 5.97 Å². The molecule has 1 fully saturated rings. The standard InChI is InChI=1S/C13H15ClF2N2O2/c1-7-5-9(14)17-11(10(7)12(19)20)18-4-3-13(15,16)8(2)6-18/h5,8H,3-4,6H2,1-2H3,(H,19,20). The van der Waals surface area contributed by atoms with Crippen molar-refractivity contribution in [3.63, 3.8) is 0 Å². The molecule has 0 aromatic carbocycles. The molecule has 20 heavy (non-hydrogen) atoms. The number of pyridine rings is 1. The molecule has 0 radical (unpaired) electrons.